The molecular weight excluding hydrogens is 270 g/mol. The maximum absolute atomic E-state index is 11.6. The number of aryl methyl sites for hydroxylation is 1. The van der Waals surface area contributed by atoms with Gasteiger partial charge in [0.25, 0.3) is 0 Å². The average molecular weight is 285 g/mol. The van der Waals surface area contributed by atoms with Crippen LogP contribution in [0.15, 0.2) is 18.7 Å². The molecule has 0 fully saturated rings. The van der Waals surface area contributed by atoms with E-state index in [2.05, 4.69) is 16.6 Å². The van der Waals surface area contributed by atoms with Gasteiger partial charge in [0, 0.05) is 10.6 Å². The van der Waals surface area contributed by atoms with E-state index in [-0.39, 0.29) is 5.91 Å². The predicted molar refractivity (Wildman–Crippen MR) is 76.5 cm³/mol. The van der Waals surface area contributed by atoms with Crippen molar-refractivity contribution in [2.24, 2.45) is 0 Å². The molecule has 18 heavy (non-hydrogen) atoms. The topological polar surface area (TPSA) is 55.4 Å². The molecule has 0 saturated heterocycles. The molecule has 1 amide bonds. The molecule has 0 unspecified atom stereocenters. The molecule has 0 aliphatic heterocycles. The third kappa shape index (κ3) is 4.19. The molecule has 0 atom stereocenters. The van der Waals surface area contributed by atoms with E-state index in [0.29, 0.717) is 16.3 Å². The van der Waals surface area contributed by atoms with Crippen LogP contribution < -0.4 is 5.32 Å². The average Bonchev–Trinajstić information content (AvgIpc) is 2.69. The first-order valence-electron chi connectivity index (χ1n) is 5.25. The summed E-state index contributed by atoms with van der Waals surface area (Å²) in [6.07, 6.45) is 1.74. The highest BCUT2D eigenvalue weighted by molar-refractivity contribution is 8.00. The molecule has 1 aromatic rings. The van der Waals surface area contributed by atoms with Gasteiger partial charge in [-0.1, -0.05) is 6.08 Å². The van der Waals surface area contributed by atoms with Gasteiger partial charge in [0.1, 0.15) is 5.00 Å². The number of thioether (sulfide) groups is 1. The fraction of sp³-hybridized carbons (Fsp3) is 0.333. The second kappa shape index (κ2) is 7.23. The summed E-state index contributed by atoms with van der Waals surface area (Å²) in [7, 11) is 1.32. The van der Waals surface area contributed by atoms with Crippen LogP contribution in [0.25, 0.3) is 0 Å². The fourth-order valence-electron chi connectivity index (χ4n) is 1.27. The Kier molecular flexibility index (Phi) is 5.94. The summed E-state index contributed by atoms with van der Waals surface area (Å²) in [4.78, 5) is 24.1. The summed E-state index contributed by atoms with van der Waals surface area (Å²) in [6.45, 7) is 5.46. The van der Waals surface area contributed by atoms with Crippen molar-refractivity contribution in [1.29, 1.82) is 0 Å². The van der Waals surface area contributed by atoms with Crippen LogP contribution in [0.5, 0.6) is 0 Å². The number of hydrogen-bond donors (Lipinski definition) is 1. The largest absolute Gasteiger partial charge is 0.465 e. The molecule has 0 spiro atoms. The Balaban J connectivity index is 2.68. The number of hydrogen-bond acceptors (Lipinski definition) is 5. The third-order valence-electron chi connectivity index (χ3n) is 1.98. The monoisotopic (exact) mass is 285 g/mol. The van der Waals surface area contributed by atoms with Crippen molar-refractivity contribution in [3.05, 3.63) is 29.2 Å². The first-order valence-corrected chi connectivity index (χ1v) is 7.22. The minimum absolute atomic E-state index is 0.131. The van der Waals surface area contributed by atoms with Gasteiger partial charge in [0.15, 0.2) is 0 Å². The molecule has 4 nitrogen and oxygen atoms in total. The van der Waals surface area contributed by atoms with Crippen molar-refractivity contribution in [2.45, 2.75) is 6.92 Å². The minimum atomic E-state index is -0.437. The van der Waals surface area contributed by atoms with Gasteiger partial charge >= 0.3 is 5.97 Å². The number of thiophene rings is 1. The van der Waals surface area contributed by atoms with Crippen LogP contribution in [0.3, 0.4) is 0 Å². The van der Waals surface area contributed by atoms with Crippen LogP contribution in [0.1, 0.15) is 15.2 Å². The summed E-state index contributed by atoms with van der Waals surface area (Å²) < 4.78 is 4.67. The Morgan fingerprint density at radius 1 is 1.61 bits per heavy atom. The predicted octanol–water partition coefficient (Wildman–Crippen LogP) is 2.70. The zero-order chi connectivity index (χ0) is 13.5. The van der Waals surface area contributed by atoms with E-state index < -0.39 is 5.97 Å². The molecule has 0 aliphatic rings. The van der Waals surface area contributed by atoms with Gasteiger partial charge in [-0.05, 0) is 13.0 Å². The van der Waals surface area contributed by atoms with Crippen LogP contribution in [0.4, 0.5) is 5.00 Å². The summed E-state index contributed by atoms with van der Waals surface area (Å²) >= 11 is 2.83. The van der Waals surface area contributed by atoms with E-state index in [4.69, 9.17) is 0 Å². The van der Waals surface area contributed by atoms with Crippen molar-refractivity contribution in [3.63, 3.8) is 0 Å². The zero-order valence-corrected chi connectivity index (χ0v) is 12.0. The van der Waals surface area contributed by atoms with Crippen LogP contribution in [-0.4, -0.2) is 30.5 Å². The lowest BCUT2D eigenvalue weighted by Crippen LogP contribution is -2.15. The molecule has 1 rings (SSSR count). The maximum atomic E-state index is 11.6. The van der Waals surface area contributed by atoms with E-state index in [1.807, 2.05) is 6.92 Å². The lowest BCUT2D eigenvalue weighted by Gasteiger charge is -2.04. The van der Waals surface area contributed by atoms with Gasteiger partial charge in [0.2, 0.25) is 5.91 Å². The molecule has 98 valence electrons. The first kappa shape index (κ1) is 14.8. The van der Waals surface area contributed by atoms with Gasteiger partial charge < -0.3 is 10.1 Å². The first-order chi connectivity index (χ1) is 8.58. The maximum Gasteiger partial charge on any atom is 0.340 e. The van der Waals surface area contributed by atoms with Crippen molar-refractivity contribution < 1.29 is 14.3 Å². The van der Waals surface area contributed by atoms with Crippen LogP contribution in [0, 0.1) is 6.92 Å². The van der Waals surface area contributed by atoms with Gasteiger partial charge in [-0.3, -0.25) is 4.79 Å². The van der Waals surface area contributed by atoms with Crippen LogP contribution in [-0.2, 0) is 9.53 Å². The van der Waals surface area contributed by atoms with E-state index in [1.54, 1.807) is 12.1 Å². The highest BCUT2D eigenvalue weighted by Gasteiger charge is 2.16. The van der Waals surface area contributed by atoms with Crippen molar-refractivity contribution in [1.82, 2.24) is 0 Å². The summed E-state index contributed by atoms with van der Waals surface area (Å²) in [5.41, 5.74) is 0.405. The van der Waals surface area contributed by atoms with Gasteiger partial charge in [-0.2, -0.15) is 0 Å². The van der Waals surface area contributed by atoms with Crippen LogP contribution in [0.2, 0.25) is 0 Å². The van der Waals surface area contributed by atoms with Gasteiger partial charge in [-0.25, -0.2) is 4.79 Å². The fourth-order valence-corrected chi connectivity index (χ4v) is 2.72. The SMILES string of the molecule is C=CCSCC(=O)Nc1sc(C)cc1C(=O)OC. The number of carbonyl (C=O) groups is 2. The molecule has 0 bridgehead atoms. The number of anilines is 1. The van der Waals surface area contributed by atoms with E-state index >= 15 is 0 Å². The number of ether oxygens (including phenoxy) is 1. The molecule has 6 heteroatoms. The van der Waals surface area contributed by atoms with Gasteiger partial charge in [0.05, 0.1) is 18.4 Å². The molecule has 1 aromatic heterocycles. The molecule has 1 N–H and O–H groups in total. The number of amides is 1. The normalized spacial score (nSPS) is 9.89. The van der Waals surface area contributed by atoms with Crippen LogP contribution >= 0.6 is 23.1 Å². The Morgan fingerprint density at radius 3 is 2.94 bits per heavy atom. The molecular formula is C12H15NO3S2. The second-order valence-electron chi connectivity index (χ2n) is 3.44. The van der Waals surface area contributed by atoms with Crippen molar-refractivity contribution in [3.8, 4) is 0 Å². The summed E-state index contributed by atoms with van der Waals surface area (Å²) in [5, 5.41) is 3.27. The molecule has 0 radical (unpaired) electrons. The molecule has 1 heterocycles. The number of nitrogens with one attached hydrogen (secondary N) is 1. The molecule has 0 aliphatic carbocycles. The van der Waals surface area contributed by atoms with Crippen molar-refractivity contribution in [2.75, 3.05) is 23.9 Å². The van der Waals surface area contributed by atoms with Crippen molar-refractivity contribution >= 4 is 40.0 Å². The quantitative estimate of drug-likeness (QED) is 0.496. The Hall–Kier alpha value is -1.27. The van der Waals surface area contributed by atoms with E-state index in [1.165, 1.54) is 30.2 Å². The van der Waals surface area contributed by atoms with E-state index in [9.17, 15) is 9.59 Å². The number of rotatable bonds is 6. The lowest BCUT2D eigenvalue weighted by molar-refractivity contribution is -0.113. The molecule has 0 aromatic carbocycles. The Morgan fingerprint density at radius 2 is 2.33 bits per heavy atom. The van der Waals surface area contributed by atoms with E-state index in [0.717, 1.165) is 10.6 Å². The summed E-state index contributed by atoms with van der Waals surface area (Å²) in [5.74, 6) is 0.492. The highest BCUT2D eigenvalue weighted by Crippen LogP contribution is 2.28. The number of esters is 1. The van der Waals surface area contributed by atoms with Gasteiger partial charge in [-0.15, -0.1) is 29.7 Å². The Labute approximate surface area is 114 Å². The number of carbonyl (C=O) groups excluding carboxylic acids is 2. The number of methoxy groups -OCH3 is 1. The smallest absolute Gasteiger partial charge is 0.340 e. The molecule has 0 saturated carbocycles. The third-order valence-corrected chi connectivity index (χ3v) is 3.89. The summed E-state index contributed by atoms with van der Waals surface area (Å²) in [6, 6.07) is 1.71. The lowest BCUT2D eigenvalue weighted by atomic mass is 10.3. The second-order valence-corrected chi connectivity index (χ2v) is 5.73. The standard InChI is InChI=1S/C12H15NO3S2/c1-4-5-17-7-10(14)13-11-9(12(15)16-3)6-8(2)18-11/h4,6H,1,5,7H2,2-3H3,(H,13,14). The highest BCUT2D eigenvalue weighted by atomic mass is 32.2. The minimum Gasteiger partial charge on any atom is -0.465 e. The Bertz CT molecular complexity index is 454. The zero-order valence-electron chi connectivity index (χ0n) is 10.3.